The van der Waals surface area contributed by atoms with Crippen molar-refractivity contribution in [3.05, 3.63) is 0 Å². The van der Waals surface area contributed by atoms with Crippen LogP contribution in [0.4, 0.5) is 0 Å². The normalized spacial score (nSPS) is 18.2. The molecule has 2 unspecified atom stereocenters. The Bertz CT molecular complexity index is 117. The average Bonchev–Trinajstić information content (AvgIpc) is 2.14. The van der Waals surface area contributed by atoms with E-state index in [2.05, 4.69) is 34.6 Å². The summed E-state index contributed by atoms with van der Waals surface area (Å²) in [5.74, 6) is 0.897. The second-order valence-corrected chi connectivity index (χ2v) is 4.80. The zero-order chi connectivity index (χ0) is 10.3. The van der Waals surface area contributed by atoms with Crippen LogP contribution >= 0.6 is 0 Å². The lowest BCUT2D eigenvalue weighted by Gasteiger charge is -2.35. The molecule has 0 aliphatic heterocycles. The van der Waals surface area contributed by atoms with Crippen LogP contribution in [0, 0.1) is 11.3 Å². The van der Waals surface area contributed by atoms with Gasteiger partial charge in [0.1, 0.15) is 0 Å². The van der Waals surface area contributed by atoms with Gasteiger partial charge in [-0.2, -0.15) is 0 Å². The van der Waals surface area contributed by atoms with Crippen LogP contribution in [0.3, 0.4) is 0 Å². The summed E-state index contributed by atoms with van der Waals surface area (Å²) in [5.41, 5.74) is 0.603. The first-order valence-electron chi connectivity index (χ1n) is 6.10. The first-order chi connectivity index (χ1) is 6.10. The summed E-state index contributed by atoms with van der Waals surface area (Å²) in [7, 11) is 0. The molecule has 0 saturated carbocycles. The molecule has 0 spiro atoms. The summed E-state index contributed by atoms with van der Waals surface area (Å²) >= 11 is 0. The van der Waals surface area contributed by atoms with Gasteiger partial charge in [-0.3, -0.25) is 0 Å². The molecule has 0 amide bonds. The first-order valence-corrected chi connectivity index (χ1v) is 6.10. The topological polar surface area (TPSA) is 0 Å². The van der Waals surface area contributed by atoms with Crippen molar-refractivity contribution in [3.63, 3.8) is 0 Å². The predicted molar refractivity (Wildman–Crippen MR) is 62.0 cm³/mol. The number of rotatable bonds is 7. The lowest BCUT2D eigenvalue weighted by atomic mass is 9.71. The molecular weight excluding hydrogens is 156 g/mol. The zero-order valence-corrected chi connectivity index (χ0v) is 10.3. The van der Waals surface area contributed by atoms with Crippen molar-refractivity contribution in [3.8, 4) is 0 Å². The lowest BCUT2D eigenvalue weighted by Crippen LogP contribution is -2.24. The SMILES string of the molecule is CCCCC(C)(CC)C(C)CCC. The number of hydrogen-bond donors (Lipinski definition) is 0. The number of hydrogen-bond acceptors (Lipinski definition) is 0. The van der Waals surface area contributed by atoms with Crippen LogP contribution in [0.1, 0.15) is 73.1 Å². The van der Waals surface area contributed by atoms with E-state index in [0.717, 1.165) is 5.92 Å². The van der Waals surface area contributed by atoms with Gasteiger partial charge in [0.15, 0.2) is 0 Å². The van der Waals surface area contributed by atoms with Crippen LogP contribution < -0.4 is 0 Å². The van der Waals surface area contributed by atoms with Gasteiger partial charge in [-0.25, -0.2) is 0 Å². The Balaban J connectivity index is 4.07. The van der Waals surface area contributed by atoms with E-state index in [-0.39, 0.29) is 0 Å². The fourth-order valence-corrected chi connectivity index (χ4v) is 2.13. The van der Waals surface area contributed by atoms with Crippen LogP contribution in [-0.2, 0) is 0 Å². The third-order valence-electron chi connectivity index (χ3n) is 3.82. The van der Waals surface area contributed by atoms with Gasteiger partial charge in [0.05, 0.1) is 0 Å². The predicted octanol–water partition coefficient (Wildman–Crippen LogP) is 5.03. The molecule has 0 rings (SSSR count). The molecule has 0 fully saturated rings. The molecule has 0 bridgehead atoms. The highest BCUT2D eigenvalue weighted by atomic mass is 14.3. The zero-order valence-electron chi connectivity index (χ0n) is 10.3. The summed E-state index contributed by atoms with van der Waals surface area (Å²) in [6.45, 7) is 11.8. The monoisotopic (exact) mass is 184 g/mol. The minimum Gasteiger partial charge on any atom is -0.0654 e. The second kappa shape index (κ2) is 6.45. The Morgan fingerprint density at radius 2 is 1.69 bits per heavy atom. The van der Waals surface area contributed by atoms with Crippen LogP contribution in [0.2, 0.25) is 0 Å². The largest absolute Gasteiger partial charge is 0.0654 e. The van der Waals surface area contributed by atoms with Crippen LogP contribution in [-0.4, -0.2) is 0 Å². The fourth-order valence-electron chi connectivity index (χ4n) is 2.13. The molecule has 0 radical (unpaired) electrons. The molecule has 0 aliphatic carbocycles. The van der Waals surface area contributed by atoms with E-state index in [0.29, 0.717) is 5.41 Å². The summed E-state index contributed by atoms with van der Waals surface area (Å²) < 4.78 is 0. The molecule has 0 saturated heterocycles. The van der Waals surface area contributed by atoms with Crippen molar-refractivity contribution in [2.24, 2.45) is 11.3 Å². The third-order valence-corrected chi connectivity index (χ3v) is 3.82. The van der Waals surface area contributed by atoms with Gasteiger partial charge in [0.25, 0.3) is 0 Å². The maximum atomic E-state index is 2.48. The van der Waals surface area contributed by atoms with Crippen molar-refractivity contribution in [1.29, 1.82) is 0 Å². The average molecular weight is 184 g/mol. The third kappa shape index (κ3) is 4.15. The van der Waals surface area contributed by atoms with Crippen molar-refractivity contribution < 1.29 is 0 Å². The molecule has 2 atom stereocenters. The standard InChI is InChI=1S/C13H28/c1-6-9-11-13(5,8-3)12(4)10-7-2/h12H,6-11H2,1-5H3. The molecule has 0 heteroatoms. The summed E-state index contributed by atoms with van der Waals surface area (Å²) in [4.78, 5) is 0. The van der Waals surface area contributed by atoms with E-state index in [4.69, 9.17) is 0 Å². The molecule has 0 N–H and O–H groups in total. The van der Waals surface area contributed by atoms with E-state index in [1.165, 1.54) is 38.5 Å². The second-order valence-electron chi connectivity index (χ2n) is 4.80. The van der Waals surface area contributed by atoms with Crippen LogP contribution in [0.5, 0.6) is 0 Å². The van der Waals surface area contributed by atoms with Crippen molar-refractivity contribution in [1.82, 2.24) is 0 Å². The Hall–Kier alpha value is 0. The highest BCUT2D eigenvalue weighted by molar-refractivity contribution is 4.78. The molecule has 0 aliphatic rings. The molecule has 0 aromatic carbocycles. The molecule has 80 valence electrons. The minimum atomic E-state index is 0.603. The summed E-state index contributed by atoms with van der Waals surface area (Å²) in [5, 5.41) is 0. The lowest BCUT2D eigenvalue weighted by molar-refractivity contribution is 0.160. The van der Waals surface area contributed by atoms with Gasteiger partial charge in [0.2, 0.25) is 0 Å². The van der Waals surface area contributed by atoms with Gasteiger partial charge >= 0.3 is 0 Å². The van der Waals surface area contributed by atoms with E-state index >= 15 is 0 Å². The van der Waals surface area contributed by atoms with Crippen molar-refractivity contribution in [2.45, 2.75) is 73.1 Å². The van der Waals surface area contributed by atoms with Crippen LogP contribution in [0.15, 0.2) is 0 Å². The summed E-state index contributed by atoms with van der Waals surface area (Å²) in [6.07, 6.45) is 8.24. The number of unbranched alkanes of at least 4 members (excludes halogenated alkanes) is 1. The Morgan fingerprint density at radius 1 is 1.08 bits per heavy atom. The van der Waals surface area contributed by atoms with Crippen molar-refractivity contribution in [2.75, 3.05) is 0 Å². The maximum absolute atomic E-state index is 2.48. The van der Waals surface area contributed by atoms with Gasteiger partial charge in [0, 0.05) is 0 Å². The van der Waals surface area contributed by atoms with Gasteiger partial charge in [-0.05, 0) is 17.8 Å². The Kier molecular flexibility index (Phi) is 6.45. The maximum Gasteiger partial charge on any atom is -0.0303 e. The van der Waals surface area contributed by atoms with E-state index in [1.54, 1.807) is 0 Å². The van der Waals surface area contributed by atoms with E-state index in [1.807, 2.05) is 0 Å². The van der Waals surface area contributed by atoms with E-state index < -0.39 is 0 Å². The molecule has 0 nitrogen and oxygen atoms in total. The fraction of sp³-hybridized carbons (Fsp3) is 1.00. The molecule has 0 heterocycles. The smallest absolute Gasteiger partial charge is 0.0303 e. The highest BCUT2D eigenvalue weighted by Crippen LogP contribution is 2.38. The minimum absolute atomic E-state index is 0.603. The molecule has 0 aromatic heterocycles. The molecule has 0 aromatic rings. The highest BCUT2D eigenvalue weighted by Gasteiger charge is 2.27. The van der Waals surface area contributed by atoms with Crippen molar-refractivity contribution >= 4 is 0 Å². The molecule has 13 heavy (non-hydrogen) atoms. The molecular formula is C13H28. The quantitative estimate of drug-likeness (QED) is 0.520. The van der Waals surface area contributed by atoms with E-state index in [9.17, 15) is 0 Å². The summed E-state index contributed by atoms with van der Waals surface area (Å²) in [6, 6.07) is 0. The van der Waals surface area contributed by atoms with Gasteiger partial charge in [-0.15, -0.1) is 0 Å². The Morgan fingerprint density at radius 3 is 2.08 bits per heavy atom. The van der Waals surface area contributed by atoms with Gasteiger partial charge in [-0.1, -0.05) is 66.7 Å². The Labute approximate surface area is 85.1 Å². The van der Waals surface area contributed by atoms with Gasteiger partial charge < -0.3 is 0 Å². The first kappa shape index (κ1) is 13.0. The van der Waals surface area contributed by atoms with Crippen LogP contribution in [0.25, 0.3) is 0 Å².